The summed E-state index contributed by atoms with van der Waals surface area (Å²) in [6, 6.07) is 6.97. The van der Waals surface area contributed by atoms with Crippen molar-refractivity contribution in [3.63, 3.8) is 0 Å². The number of phenolic OH excluding ortho intramolecular Hbond substituents is 3. The van der Waals surface area contributed by atoms with E-state index in [0.717, 1.165) is 0 Å². The van der Waals surface area contributed by atoms with Gasteiger partial charge in [-0.15, -0.1) is 0 Å². The van der Waals surface area contributed by atoms with Crippen LogP contribution in [0.4, 0.5) is 0 Å². The van der Waals surface area contributed by atoms with Crippen molar-refractivity contribution in [2.45, 2.75) is 12.8 Å². The first-order valence-corrected chi connectivity index (χ1v) is 6.91. The molecule has 0 spiro atoms. The third-order valence-electron chi connectivity index (χ3n) is 3.44. The number of rotatable bonds is 6. The standard InChI is InChI=1S/C17H18O6/c1-22-13-8-16(21)14(17(9-13)23-2)7-12(19)6-10-5-11(18)3-4-15(10)20/h3-5,8-9,18,20-21H,6-7H2,1-2H3. The summed E-state index contributed by atoms with van der Waals surface area (Å²) in [5.74, 6) is 0.313. The zero-order valence-electron chi connectivity index (χ0n) is 12.9. The summed E-state index contributed by atoms with van der Waals surface area (Å²) >= 11 is 0. The van der Waals surface area contributed by atoms with Gasteiger partial charge in [0.2, 0.25) is 0 Å². The zero-order chi connectivity index (χ0) is 17.0. The van der Waals surface area contributed by atoms with Crippen LogP contribution in [0.1, 0.15) is 11.1 Å². The molecule has 2 aromatic rings. The smallest absolute Gasteiger partial charge is 0.142 e. The Morgan fingerprint density at radius 2 is 1.70 bits per heavy atom. The maximum absolute atomic E-state index is 12.2. The summed E-state index contributed by atoms with van der Waals surface area (Å²) in [4.78, 5) is 12.2. The van der Waals surface area contributed by atoms with Crippen LogP contribution in [0.3, 0.4) is 0 Å². The zero-order valence-corrected chi connectivity index (χ0v) is 12.9. The van der Waals surface area contributed by atoms with Crippen molar-refractivity contribution in [3.8, 4) is 28.7 Å². The number of phenols is 3. The largest absolute Gasteiger partial charge is 0.508 e. The van der Waals surface area contributed by atoms with Crippen molar-refractivity contribution < 1.29 is 29.6 Å². The highest BCUT2D eigenvalue weighted by Gasteiger charge is 2.17. The molecule has 0 fully saturated rings. The molecule has 0 bridgehead atoms. The van der Waals surface area contributed by atoms with Crippen molar-refractivity contribution in [1.82, 2.24) is 0 Å². The molecule has 0 radical (unpaired) electrons. The average Bonchev–Trinajstić information content (AvgIpc) is 2.52. The van der Waals surface area contributed by atoms with Gasteiger partial charge in [0.05, 0.1) is 14.2 Å². The number of ether oxygens (including phenoxy) is 2. The van der Waals surface area contributed by atoms with E-state index in [1.165, 1.54) is 38.5 Å². The third-order valence-corrected chi connectivity index (χ3v) is 3.44. The fraction of sp³-hybridized carbons (Fsp3) is 0.235. The van der Waals surface area contributed by atoms with E-state index in [1.54, 1.807) is 6.07 Å². The number of ketones is 1. The van der Waals surface area contributed by atoms with Crippen molar-refractivity contribution in [3.05, 3.63) is 41.5 Å². The SMILES string of the molecule is COc1cc(O)c(CC(=O)Cc2cc(O)ccc2O)c(OC)c1. The molecule has 0 saturated heterocycles. The first-order chi connectivity index (χ1) is 10.9. The number of carbonyl (C=O) groups is 1. The Bertz CT molecular complexity index is 723. The van der Waals surface area contributed by atoms with E-state index in [-0.39, 0.29) is 35.9 Å². The van der Waals surface area contributed by atoms with Crippen molar-refractivity contribution in [2.75, 3.05) is 14.2 Å². The summed E-state index contributed by atoms with van der Waals surface area (Å²) in [7, 11) is 2.90. The van der Waals surface area contributed by atoms with Gasteiger partial charge in [-0.3, -0.25) is 4.79 Å². The number of Topliss-reactive ketones (excluding diaryl/α,β-unsaturated/α-hetero) is 1. The Morgan fingerprint density at radius 3 is 2.35 bits per heavy atom. The van der Waals surface area contributed by atoms with Crippen LogP contribution in [0.15, 0.2) is 30.3 Å². The summed E-state index contributed by atoms with van der Waals surface area (Å²) in [5.41, 5.74) is 0.667. The van der Waals surface area contributed by atoms with Crippen LogP contribution < -0.4 is 9.47 Å². The number of hydrogen-bond donors (Lipinski definition) is 3. The first kappa shape index (κ1) is 16.5. The lowest BCUT2D eigenvalue weighted by Gasteiger charge is -2.12. The second kappa shape index (κ2) is 6.91. The van der Waals surface area contributed by atoms with Crippen LogP contribution in [-0.4, -0.2) is 35.3 Å². The number of aromatic hydroxyl groups is 3. The van der Waals surface area contributed by atoms with Crippen LogP contribution in [0.2, 0.25) is 0 Å². The number of carbonyl (C=O) groups excluding carboxylic acids is 1. The monoisotopic (exact) mass is 318 g/mol. The van der Waals surface area contributed by atoms with Gasteiger partial charge in [-0.05, 0) is 18.2 Å². The van der Waals surface area contributed by atoms with E-state index < -0.39 is 0 Å². The van der Waals surface area contributed by atoms with Crippen LogP contribution >= 0.6 is 0 Å². The highest BCUT2D eigenvalue weighted by atomic mass is 16.5. The topological polar surface area (TPSA) is 96.2 Å². The van der Waals surface area contributed by atoms with Gasteiger partial charge in [-0.25, -0.2) is 0 Å². The molecule has 0 unspecified atom stereocenters. The van der Waals surface area contributed by atoms with E-state index >= 15 is 0 Å². The molecular weight excluding hydrogens is 300 g/mol. The van der Waals surface area contributed by atoms with E-state index in [0.29, 0.717) is 22.6 Å². The Balaban J connectivity index is 2.22. The number of methoxy groups -OCH3 is 2. The van der Waals surface area contributed by atoms with Crippen LogP contribution in [0.25, 0.3) is 0 Å². The molecule has 2 rings (SSSR count). The lowest BCUT2D eigenvalue weighted by atomic mass is 10.0. The first-order valence-electron chi connectivity index (χ1n) is 6.91. The van der Waals surface area contributed by atoms with Crippen LogP contribution in [0.5, 0.6) is 28.7 Å². The van der Waals surface area contributed by atoms with Gasteiger partial charge in [0.1, 0.15) is 34.5 Å². The van der Waals surface area contributed by atoms with Crippen molar-refractivity contribution in [1.29, 1.82) is 0 Å². The second-order valence-corrected chi connectivity index (χ2v) is 5.03. The maximum Gasteiger partial charge on any atom is 0.142 e. The molecular formula is C17H18O6. The Morgan fingerprint density at radius 1 is 0.957 bits per heavy atom. The number of hydrogen-bond acceptors (Lipinski definition) is 6. The fourth-order valence-corrected chi connectivity index (χ4v) is 2.27. The quantitative estimate of drug-likeness (QED) is 0.706. The normalized spacial score (nSPS) is 10.3. The second-order valence-electron chi connectivity index (χ2n) is 5.03. The van der Waals surface area contributed by atoms with Gasteiger partial charge in [0.25, 0.3) is 0 Å². The molecule has 2 aromatic carbocycles. The van der Waals surface area contributed by atoms with Gasteiger partial charge in [0, 0.05) is 36.1 Å². The molecule has 6 heteroatoms. The lowest BCUT2D eigenvalue weighted by Crippen LogP contribution is -2.08. The van der Waals surface area contributed by atoms with Crippen molar-refractivity contribution >= 4 is 5.78 Å². The predicted molar refractivity (Wildman–Crippen MR) is 83.4 cm³/mol. The summed E-state index contributed by atoms with van der Waals surface area (Å²) in [5, 5.41) is 29.2. The van der Waals surface area contributed by atoms with E-state index in [2.05, 4.69) is 0 Å². The van der Waals surface area contributed by atoms with Crippen LogP contribution in [-0.2, 0) is 17.6 Å². The molecule has 0 atom stereocenters. The van der Waals surface area contributed by atoms with Gasteiger partial charge in [-0.1, -0.05) is 0 Å². The highest BCUT2D eigenvalue weighted by molar-refractivity contribution is 5.85. The minimum atomic E-state index is -0.246. The average molecular weight is 318 g/mol. The van der Waals surface area contributed by atoms with Gasteiger partial charge in [-0.2, -0.15) is 0 Å². The van der Waals surface area contributed by atoms with E-state index in [9.17, 15) is 20.1 Å². The van der Waals surface area contributed by atoms with Gasteiger partial charge >= 0.3 is 0 Å². The molecule has 6 nitrogen and oxygen atoms in total. The molecule has 0 heterocycles. The van der Waals surface area contributed by atoms with Crippen molar-refractivity contribution in [2.24, 2.45) is 0 Å². The molecule has 0 aliphatic rings. The summed E-state index contributed by atoms with van der Waals surface area (Å²) in [6.45, 7) is 0. The molecule has 0 saturated carbocycles. The summed E-state index contributed by atoms with van der Waals surface area (Å²) < 4.78 is 10.2. The lowest BCUT2D eigenvalue weighted by molar-refractivity contribution is -0.117. The maximum atomic E-state index is 12.2. The Labute approximate surface area is 133 Å². The fourth-order valence-electron chi connectivity index (χ4n) is 2.27. The highest BCUT2D eigenvalue weighted by Crippen LogP contribution is 2.34. The van der Waals surface area contributed by atoms with Gasteiger partial charge < -0.3 is 24.8 Å². The molecule has 23 heavy (non-hydrogen) atoms. The minimum Gasteiger partial charge on any atom is -0.508 e. The molecule has 0 amide bonds. The molecule has 0 aliphatic heterocycles. The molecule has 0 aromatic heterocycles. The Kier molecular flexibility index (Phi) is 4.95. The predicted octanol–water partition coefficient (Wildman–Crippen LogP) is 2.17. The molecule has 3 N–H and O–H groups in total. The number of benzene rings is 2. The third kappa shape index (κ3) is 3.85. The summed E-state index contributed by atoms with van der Waals surface area (Å²) in [6.07, 6.45) is -0.150. The van der Waals surface area contributed by atoms with E-state index in [1.807, 2.05) is 0 Å². The molecule has 0 aliphatic carbocycles. The molecule has 122 valence electrons. The minimum absolute atomic E-state index is 0.0320. The van der Waals surface area contributed by atoms with Crippen LogP contribution in [0, 0.1) is 0 Å². The Hall–Kier alpha value is -2.89. The van der Waals surface area contributed by atoms with E-state index in [4.69, 9.17) is 9.47 Å². The van der Waals surface area contributed by atoms with Gasteiger partial charge in [0.15, 0.2) is 0 Å².